The molecule has 0 radical (unpaired) electrons. The molecule has 1 aromatic carbocycles. The maximum Gasteiger partial charge on any atom is 0.259 e. The quantitative estimate of drug-likeness (QED) is 0.555. The summed E-state index contributed by atoms with van der Waals surface area (Å²) >= 11 is 1.69. The third-order valence-electron chi connectivity index (χ3n) is 7.56. The Kier molecular flexibility index (Phi) is 4.75. The van der Waals surface area contributed by atoms with Crippen LogP contribution in [0.3, 0.4) is 0 Å². The largest absolute Gasteiger partial charge is 0.341 e. The molecule has 2 bridgehead atoms. The zero-order chi connectivity index (χ0) is 20.9. The number of benzene rings is 1. The molecule has 2 aliphatic heterocycles. The van der Waals surface area contributed by atoms with Crippen LogP contribution < -0.4 is 5.56 Å². The highest BCUT2D eigenvalue weighted by Gasteiger charge is 2.38. The third kappa shape index (κ3) is 3.34. The number of amides is 1. The molecule has 1 aliphatic carbocycles. The lowest BCUT2D eigenvalue weighted by Gasteiger charge is -2.44. The topological polar surface area (TPSA) is 42.3 Å². The Morgan fingerprint density at radius 3 is 2.65 bits per heavy atom. The van der Waals surface area contributed by atoms with Gasteiger partial charge in [-0.1, -0.05) is 37.5 Å². The summed E-state index contributed by atoms with van der Waals surface area (Å²) in [5, 5.41) is 1.19. The van der Waals surface area contributed by atoms with Crippen LogP contribution >= 0.6 is 11.3 Å². The summed E-state index contributed by atoms with van der Waals surface area (Å²) in [4.78, 5) is 29.8. The number of pyridine rings is 1. The Balaban J connectivity index is 1.30. The van der Waals surface area contributed by atoms with Crippen molar-refractivity contribution in [1.29, 1.82) is 0 Å². The minimum atomic E-state index is 0.130. The van der Waals surface area contributed by atoms with Gasteiger partial charge in [0, 0.05) is 46.7 Å². The van der Waals surface area contributed by atoms with Crippen LogP contribution in [0.15, 0.2) is 47.3 Å². The van der Waals surface area contributed by atoms with Crippen LogP contribution in [-0.2, 0) is 11.3 Å². The minimum Gasteiger partial charge on any atom is -0.341 e. The smallest absolute Gasteiger partial charge is 0.259 e. The van der Waals surface area contributed by atoms with E-state index in [1.807, 2.05) is 22.8 Å². The van der Waals surface area contributed by atoms with Crippen molar-refractivity contribution >= 4 is 27.3 Å². The third-order valence-corrected chi connectivity index (χ3v) is 8.71. The maximum absolute atomic E-state index is 13.5. The van der Waals surface area contributed by atoms with Gasteiger partial charge in [0.25, 0.3) is 5.56 Å². The molecular weight excluding hydrogens is 404 g/mol. The number of fused-ring (bicyclic) bond motifs is 5. The molecule has 0 spiro atoms. The average molecular weight is 433 g/mol. The first-order valence-corrected chi connectivity index (χ1v) is 12.5. The first-order chi connectivity index (χ1) is 15.2. The number of nitrogens with zero attached hydrogens (tertiary/aromatic N) is 2. The highest BCUT2D eigenvalue weighted by molar-refractivity contribution is 7.22. The molecule has 4 heterocycles. The van der Waals surface area contributed by atoms with E-state index in [1.54, 1.807) is 11.3 Å². The van der Waals surface area contributed by atoms with Crippen molar-refractivity contribution in [1.82, 2.24) is 9.47 Å². The molecule has 0 N–H and O–H groups in total. The van der Waals surface area contributed by atoms with Gasteiger partial charge in [-0.05, 0) is 54.8 Å². The SMILES string of the molecule is O=C(C1CCCCC1)N1CC2CC(C1)c1ccc(-c3cc4ccccc4s3)c(=O)n1C2. The molecule has 1 saturated carbocycles. The molecule has 2 unspecified atom stereocenters. The summed E-state index contributed by atoms with van der Waals surface area (Å²) in [7, 11) is 0. The molecule has 6 rings (SSSR count). The van der Waals surface area contributed by atoms with Crippen molar-refractivity contribution in [3.8, 4) is 10.4 Å². The second kappa shape index (κ2) is 7.63. The van der Waals surface area contributed by atoms with Crippen LogP contribution in [0, 0.1) is 11.8 Å². The van der Waals surface area contributed by atoms with E-state index in [0.717, 1.165) is 55.0 Å². The highest BCUT2D eigenvalue weighted by atomic mass is 32.1. The molecule has 2 atom stereocenters. The summed E-state index contributed by atoms with van der Waals surface area (Å²) < 4.78 is 3.23. The van der Waals surface area contributed by atoms with Crippen molar-refractivity contribution in [3.63, 3.8) is 0 Å². The fourth-order valence-electron chi connectivity index (χ4n) is 6.04. The summed E-state index contributed by atoms with van der Waals surface area (Å²) in [5.74, 6) is 1.26. The molecule has 2 aromatic heterocycles. The summed E-state index contributed by atoms with van der Waals surface area (Å²) in [6.45, 7) is 2.32. The fraction of sp³-hybridized carbons (Fsp3) is 0.462. The van der Waals surface area contributed by atoms with Crippen molar-refractivity contribution in [2.45, 2.75) is 51.0 Å². The number of likely N-dealkylation sites (tertiary alicyclic amines) is 1. The first-order valence-electron chi connectivity index (χ1n) is 11.7. The van der Waals surface area contributed by atoms with Gasteiger partial charge in [-0.2, -0.15) is 0 Å². The van der Waals surface area contributed by atoms with Crippen LogP contribution in [-0.4, -0.2) is 28.5 Å². The van der Waals surface area contributed by atoms with E-state index >= 15 is 0 Å². The van der Waals surface area contributed by atoms with Crippen molar-refractivity contribution in [2.24, 2.45) is 11.8 Å². The Morgan fingerprint density at radius 1 is 0.968 bits per heavy atom. The average Bonchev–Trinajstić information content (AvgIpc) is 3.24. The second-order valence-corrected chi connectivity index (χ2v) is 10.7. The lowest BCUT2D eigenvalue weighted by atomic mass is 9.81. The molecule has 2 fully saturated rings. The zero-order valence-electron chi connectivity index (χ0n) is 17.8. The van der Waals surface area contributed by atoms with Crippen LogP contribution in [0.5, 0.6) is 0 Å². The zero-order valence-corrected chi connectivity index (χ0v) is 18.6. The molecule has 31 heavy (non-hydrogen) atoms. The van der Waals surface area contributed by atoms with Gasteiger partial charge in [0.2, 0.25) is 5.91 Å². The Morgan fingerprint density at radius 2 is 1.81 bits per heavy atom. The second-order valence-electron chi connectivity index (χ2n) is 9.61. The fourth-order valence-corrected chi connectivity index (χ4v) is 7.12. The Bertz CT molecular complexity index is 1170. The Labute approximate surface area is 186 Å². The van der Waals surface area contributed by atoms with E-state index in [1.165, 1.54) is 29.3 Å². The van der Waals surface area contributed by atoms with Crippen LogP contribution in [0.2, 0.25) is 0 Å². The van der Waals surface area contributed by atoms with Gasteiger partial charge < -0.3 is 9.47 Å². The van der Waals surface area contributed by atoms with Crippen molar-refractivity contribution in [2.75, 3.05) is 13.1 Å². The highest BCUT2D eigenvalue weighted by Crippen LogP contribution is 2.38. The van der Waals surface area contributed by atoms with E-state index in [0.29, 0.717) is 11.8 Å². The van der Waals surface area contributed by atoms with E-state index in [4.69, 9.17) is 0 Å². The lowest BCUT2D eigenvalue weighted by Crippen LogP contribution is -2.50. The molecule has 3 aromatic rings. The van der Waals surface area contributed by atoms with Gasteiger partial charge in [-0.3, -0.25) is 9.59 Å². The van der Waals surface area contributed by atoms with Crippen LogP contribution in [0.25, 0.3) is 20.5 Å². The monoisotopic (exact) mass is 432 g/mol. The number of hydrogen-bond donors (Lipinski definition) is 0. The molecule has 1 amide bonds. The number of piperidine rings is 1. The molecule has 1 saturated heterocycles. The van der Waals surface area contributed by atoms with E-state index in [2.05, 4.69) is 29.2 Å². The molecule has 4 nitrogen and oxygen atoms in total. The normalized spacial score (nSPS) is 23.7. The summed E-state index contributed by atoms with van der Waals surface area (Å²) in [6, 6.07) is 14.6. The van der Waals surface area contributed by atoms with Gasteiger partial charge in [0.05, 0.1) is 5.56 Å². The number of rotatable bonds is 2. The van der Waals surface area contributed by atoms with Gasteiger partial charge in [-0.25, -0.2) is 0 Å². The maximum atomic E-state index is 13.5. The van der Waals surface area contributed by atoms with Crippen molar-refractivity contribution in [3.05, 3.63) is 58.5 Å². The number of carbonyl (C=O) groups excluding carboxylic acids is 1. The van der Waals surface area contributed by atoms with E-state index in [9.17, 15) is 9.59 Å². The number of aromatic nitrogens is 1. The number of thiophene rings is 1. The van der Waals surface area contributed by atoms with Gasteiger partial charge in [0.15, 0.2) is 0 Å². The summed E-state index contributed by atoms with van der Waals surface area (Å²) in [5.41, 5.74) is 2.05. The molecule has 3 aliphatic rings. The number of hydrogen-bond acceptors (Lipinski definition) is 3. The van der Waals surface area contributed by atoms with E-state index < -0.39 is 0 Å². The van der Waals surface area contributed by atoms with E-state index in [-0.39, 0.29) is 17.4 Å². The van der Waals surface area contributed by atoms with Gasteiger partial charge >= 0.3 is 0 Å². The predicted molar refractivity (Wildman–Crippen MR) is 126 cm³/mol. The molecule has 160 valence electrons. The lowest BCUT2D eigenvalue weighted by molar-refractivity contribution is -0.139. The minimum absolute atomic E-state index is 0.130. The Hall–Kier alpha value is -2.40. The standard InChI is InChI=1S/C26H28N2O2S/c29-25(18-6-2-1-3-7-18)27-14-17-12-20(16-27)22-11-10-21(26(30)28(22)15-17)24-13-19-8-4-5-9-23(19)31-24/h4-5,8-11,13,17-18,20H,1-3,6-7,12,14-16H2. The summed E-state index contributed by atoms with van der Waals surface area (Å²) in [6.07, 6.45) is 6.85. The first kappa shape index (κ1) is 19.3. The number of carbonyl (C=O) groups is 1. The van der Waals surface area contributed by atoms with Crippen LogP contribution in [0.4, 0.5) is 0 Å². The van der Waals surface area contributed by atoms with Gasteiger partial charge in [-0.15, -0.1) is 11.3 Å². The van der Waals surface area contributed by atoms with Crippen molar-refractivity contribution < 1.29 is 4.79 Å². The predicted octanol–water partition coefficient (Wildman–Crippen LogP) is 5.26. The van der Waals surface area contributed by atoms with Crippen LogP contribution in [0.1, 0.15) is 50.1 Å². The molecule has 5 heteroatoms. The van der Waals surface area contributed by atoms with Gasteiger partial charge in [0.1, 0.15) is 0 Å². The molecular formula is C26H28N2O2S.